The lowest BCUT2D eigenvalue weighted by Crippen LogP contribution is -2.10. The van der Waals surface area contributed by atoms with Gasteiger partial charge in [0.25, 0.3) is 10.1 Å². The summed E-state index contributed by atoms with van der Waals surface area (Å²) in [4.78, 5) is 2.44. The lowest BCUT2D eigenvalue weighted by atomic mass is 9.88. The SMILES string of the molecule is CCN=C1C=C/C(=C(\c2ccc(NCC)c(C)c2)c2cc(O)c(S(=O)(=O)[O-])cc2S(=O)(=O)O)C=C1C. The second kappa shape index (κ2) is 10.4. The van der Waals surface area contributed by atoms with Gasteiger partial charge in [-0.1, -0.05) is 12.1 Å². The number of aryl methyl sites for hydroxylation is 1. The zero-order chi connectivity index (χ0) is 26.8. The van der Waals surface area contributed by atoms with E-state index in [1.54, 1.807) is 30.4 Å². The molecule has 0 aliphatic heterocycles. The van der Waals surface area contributed by atoms with Crippen molar-refractivity contribution < 1.29 is 31.0 Å². The van der Waals surface area contributed by atoms with Gasteiger partial charge in [0.05, 0.1) is 10.6 Å². The average molecular weight is 532 g/mol. The van der Waals surface area contributed by atoms with Crippen LogP contribution in [0.15, 0.2) is 74.5 Å². The van der Waals surface area contributed by atoms with Gasteiger partial charge in [0.2, 0.25) is 0 Å². The van der Waals surface area contributed by atoms with E-state index >= 15 is 0 Å². The van der Waals surface area contributed by atoms with Gasteiger partial charge < -0.3 is 15.0 Å². The van der Waals surface area contributed by atoms with Gasteiger partial charge in [-0.25, -0.2) is 8.42 Å². The average Bonchev–Trinajstić information content (AvgIpc) is 2.76. The van der Waals surface area contributed by atoms with E-state index in [4.69, 9.17) is 0 Å². The minimum absolute atomic E-state index is 0.169. The molecule has 2 aromatic rings. The monoisotopic (exact) mass is 531 g/mol. The first-order valence-electron chi connectivity index (χ1n) is 11.1. The molecule has 0 spiro atoms. The highest BCUT2D eigenvalue weighted by Gasteiger charge is 2.26. The number of aromatic hydroxyl groups is 1. The summed E-state index contributed by atoms with van der Waals surface area (Å²) in [6.45, 7) is 8.79. The number of nitrogens with zero attached hydrogens (tertiary/aromatic N) is 1. The van der Waals surface area contributed by atoms with Gasteiger partial charge in [0.1, 0.15) is 20.8 Å². The van der Waals surface area contributed by atoms with Crippen LogP contribution in [0.1, 0.15) is 37.5 Å². The fraction of sp³-hybridized carbons (Fsp3) is 0.240. The topological polar surface area (TPSA) is 156 Å². The first kappa shape index (κ1) is 27.3. The molecular formula is C25H27N2O7S2-. The van der Waals surface area contributed by atoms with Crippen LogP contribution in [0.3, 0.4) is 0 Å². The molecule has 192 valence electrons. The third-order valence-corrected chi connectivity index (χ3v) is 7.33. The van der Waals surface area contributed by atoms with E-state index in [1.165, 1.54) is 0 Å². The van der Waals surface area contributed by atoms with Crippen molar-refractivity contribution in [1.82, 2.24) is 0 Å². The number of hydrogen-bond acceptors (Lipinski definition) is 8. The number of phenolic OH excluding ortho intramolecular Hbond substituents is 1. The maximum atomic E-state index is 12.4. The molecule has 1 aliphatic carbocycles. The maximum absolute atomic E-state index is 12.4. The Morgan fingerprint density at radius 1 is 1.03 bits per heavy atom. The number of allylic oxidation sites excluding steroid dienone is 5. The van der Waals surface area contributed by atoms with Crippen LogP contribution in [-0.2, 0) is 20.2 Å². The second-order valence-electron chi connectivity index (χ2n) is 8.16. The Hall–Kier alpha value is -3.25. The van der Waals surface area contributed by atoms with E-state index in [1.807, 2.05) is 33.8 Å². The van der Waals surface area contributed by atoms with E-state index in [0.29, 0.717) is 35.9 Å². The van der Waals surface area contributed by atoms with Gasteiger partial charge in [0, 0.05) is 24.3 Å². The highest BCUT2D eigenvalue weighted by atomic mass is 32.2. The van der Waals surface area contributed by atoms with Crippen molar-refractivity contribution >= 4 is 37.2 Å². The number of benzene rings is 2. The molecule has 11 heteroatoms. The number of nitrogens with one attached hydrogen (secondary N) is 1. The van der Waals surface area contributed by atoms with Gasteiger partial charge in [-0.2, -0.15) is 8.42 Å². The highest BCUT2D eigenvalue weighted by molar-refractivity contribution is 7.86. The maximum Gasteiger partial charge on any atom is 0.295 e. The van der Waals surface area contributed by atoms with Crippen LogP contribution >= 0.6 is 0 Å². The summed E-state index contributed by atoms with van der Waals surface area (Å²) in [7, 11) is -10.2. The smallest absolute Gasteiger partial charge is 0.295 e. The van der Waals surface area contributed by atoms with Gasteiger partial charge in [-0.05, 0) is 92.0 Å². The fourth-order valence-corrected chi connectivity index (χ4v) is 5.36. The van der Waals surface area contributed by atoms with Crippen LogP contribution in [0.25, 0.3) is 5.57 Å². The zero-order valence-electron chi connectivity index (χ0n) is 20.2. The van der Waals surface area contributed by atoms with Crippen LogP contribution in [0.5, 0.6) is 5.75 Å². The van der Waals surface area contributed by atoms with Crippen LogP contribution in [0, 0.1) is 6.92 Å². The largest absolute Gasteiger partial charge is 0.744 e. The quantitative estimate of drug-likeness (QED) is 0.452. The molecule has 1 aliphatic rings. The minimum atomic E-state index is -5.23. The first-order valence-corrected chi connectivity index (χ1v) is 13.9. The van der Waals surface area contributed by atoms with Crippen molar-refractivity contribution in [3.63, 3.8) is 0 Å². The van der Waals surface area contributed by atoms with Crippen molar-refractivity contribution in [2.24, 2.45) is 4.99 Å². The minimum Gasteiger partial charge on any atom is -0.744 e. The Morgan fingerprint density at radius 3 is 2.25 bits per heavy atom. The highest BCUT2D eigenvalue weighted by Crippen LogP contribution is 2.39. The summed E-state index contributed by atoms with van der Waals surface area (Å²) in [6, 6.07) is 6.71. The molecule has 0 heterocycles. The van der Waals surface area contributed by atoms with Crippen LogP contribution in [0.2, 0.25) is 0 Å². The predicted octanol–water partition coefficient (Wildman–Crippen LogP) is 4.06. The van der Waals surface area contributed by atoms with Crippen molar-refractivity contribution in [2.45, 2.75) is 37.5 Å². The molecule has 2 aromatic carbocycles. The lowest BCUT2D eigenvalue weighted by Gasteiger charge is -2.20. The molecule has 0 fully saturated rings. The molecule has 0 amide bonds. The lowest BCUT2D eigenvalue weighted by molar-refractivity contribution is 0.434. The van der Waals surface area contributed by atoms with E-state index in [9.17, 15) is 31.0 Å². The van der Waals surface area contributed by atoms with Crippen molar-refractivity contribution in [3.05, 3.63) is 76.4 Å². The third-order valence-electron chi connectivity index (χ3n) is 5.57. The summed E-state index contributed by atoms with van der Waals surface area (Å²) in [5.41, 5.74) is 4.44. The van der Waals surface area contributed by atoms with Gasteiger partial charge in [-0.3, -0.25) is 9.55 Å². The normalized spacial score (nSPS) is 16.7. The summed E-state index contributed by atoms with van der Waals surface area (Å²) < 4.78 is 69.6. The first-order chi connectivity index (χ1) is 16.8. The standard InChI is InChI=1S/C25H28N2O7S2/c1-5-26-20-9-7-17(11-15(20)3)25(18-8-10-21(27-6-2)16(4)12-18)19-13-22(28)24(36(32,33)34)14-23(19)35(29,30)31/h7-14,26,28H,5-6H2,1-4H3,(H,29,30,31)(H,32,33,34)/p-1/b25-18-,27-21?. The Balaban J connectivity index is 2.46. The van der Waals surface area contributed by atoms with Crippen LogP contribution in [0.4, 0.5) is 5.69 Å². The van der Waals surface area contributed by atoms with E-state index < -0.39 is 35.8 Å². The van der Waals surface area contributed by atoms with Gasteiger partial charge in [-0.15, -0.1) is 0 Å². The molecule has 3 rings (SSSR count). The Morgan fingerprint density at radius 2 is 1.72 bits per heavy atom. The van der Waals surface area contributed by atoms with Crippen LogP contribution in [-0.4, -0.2) is 49.8 Å². The molecule has 0 saturated carbocycles. The van der Waals surface area contributed by atoms with E-state index in [0.717, 1.165) is 28.6 Å². The molecule has 0 aromatic heterocycles. The molecule has 0 saturated heterocycles. The van der Waals surface area contributed by atoms with E-state index in [2.05, 4.69) is 10.3 Å². The molecule has 9 nitrogen and oxygen atoms in total. The third kappa shape index (κ3) is 5.76. The van der Waals surface area contributed by atoms with Gasteiger partial charge in [0.15, 0.2) is 0 Å². The number of rotatable bonds is 7. The zero-order valence-corrected chi connectivity index (χ0v) is 21.9. The molecule has 0 unspecified atom stereocenters. The molecule has 0 bridgehead atoms. The summed E-state index contributed by atoms with van der Waals surface area (Å²) in [5.74, 6) is -0.930. The molecule has 0 atom stereocenters. The van der Waals surface area contributed by atoms with Gasteiger partial charge >= 0.3 is 0 Å². The summed E-state index contributed by atoms with van der Waals surface area (Å²) >= 11 is 0. The van der Waals surface area contributed by atoms with Crippen molar-refractivity contribution in [1.29, 1.82) is 0 Å². The molecule has 3 N–H and O–H groups in total. The van der Waals surface area contributed by atoms with E-state index in [-0.39, 0.29) is 5.56 Å². The predicted molar refractivity (Wildman–Crippen MR) is 138 cm³/mol. The Bertz CT molecular complexity index is 1550. The second-order valence-corrected chi connectivity index (χ2v) is 10.9. The number of anilines is 1. The summed E-state index contributed by atoms with van der Waals surface area (Å²) in [5, 5.41) is 13.6. The molecule has 36 heavy (non-hydrogen) atoms. The van der Waals surface area contributed by atoms with Crippen molar-refractivity contribution in [2.75, 3.05) is 18.4 Å². The number of aliphatic imine (C=N–C) groups is 1. The van der Waals surface area contributed by atoms with Crippen LogP contribution < -0.4 is 5.32 Å². The Kier molecular flexibility index (Phi) is 7.89. The van der Waals surface area contributed by atoms with Crippen molar-refractivity contribution in [3.8, 4) is 5.75 Å². The Labute approximate surface area is 211 Å². The number of phenols is 1. The fourth-order valence-electron chi connectivity index (χ4n) is 4.00. The molecular weight excluding hydrogens is 504 g/mol. The number of hydrogen-bond donors (Lipinski definition) is 3. The molecule has 0 radical (unpaired) electrons. The summed E-state index contributed by atoms with van der Waals surface area (Å²) in [6.07, 6.45) is 5.26.